The van der Waals surface area contributed by atoms with Crippen molar-refractivity contribution in [3.8, 4) is 11.5 Å². The Labute approximate surface area is 90.6 Å². The largest absolute Gasteiger partial charge is 0.493 e. The van der Waals surface area contributed by atoms with Crippen molar-refractivity contribution in [3.63, 3.8) is 0 Å². The number of aliphatic hydroxyl groups excluding tert-OH is 1. The average Bonchev–Trinajstić information content (AvgIpc) is 2.26. The van der Waals surface area contributed by atoms with E-state index in [1.54, 1.807) is 20.3 Å². The molecule has 0 fully saturated rings. The van der Waals surface area contributed by atoms with E-state index in [0.717, 1.165) is 5.56 Å². The van der Waals surface area contributed by atoms with Gasteiger partial charge in [-0.2, -0.15) is 0 Å². The molecule has 0 aliphatic rings. The second kappa shape index (κ2) is 5.03. The van der Waals surface area contributed by atoms with Gasteiger partial charge in [0, 0.05) is 0 Å². The van der Waals surface area contributed by atoms with Crippen molar-refractivity contribution in [1.29, 1.82) is 0 Å². The Morgan fingerprint density at radius 1 is 1.07 bits per heavy atom. The van der Waals surface area contributed by atoms with Crippen LogP contribution in [0.4, 0.5) is 0 Å². The molecule has 1 aromatic rings. The van der Waals surface area contributed by atoms with Crippen LogP contribution in [-0.2, 0) is 0 Å². The molecular weight excluding hydrogens is 192 g/mol. The zero-order valence-corrected chi connectivity index (χ0v) is 9.65. The van der Waals surface area contributed by atoms with Crippen LogP contribution < -0.4 is 9.47 Å². The number of methoxy groups -OCH3 is 2. The van der Waals surface area contributed by atoms with Crippen LogP contribution in [0.25, 0.3) is 0 Å². The lowest BCUT2D eigenvalue weighted by atomic mass is 9.99. The average molecular weight is 210 g/mol. The molecule has 1 aromatic carbocycles. The van der Waals surface area contributed by atoms with Crippen LogP contribution in [0, 0.1) is 5.92 Å². The third-order valence-electron chi connectivity index (χ3n) is 2.38. The molecule has 0 amide bonds. The van der Waals surface area contributed by atoms with Crippen LogP contribution in [0.3, 0.4) is 0 Å². The molecule has 84 valence electrons. The molecule has 0 radical (unpaired) electrons. The molecule has 0 unspecified atom stereocenters. The minimum absolute atomic E-state index is 0.183. The lowest BCUT2D eigenvalue weighted by Crippen LogP contribution is -2.05. The maximum Gasteiger partial charge on any atom is 0.161 e. The normalized spacial score (nSPS) is 12.7. The van der Waals surface area contributed by atoms with Crippen molar-refractivity contribution in [2.75, 3.05) is 14.2 Å². The van der Waals surface area contributed by atoms with Crippen molar-refractivity contribution < 1.29 is 14.6 Å². The summed E-state index contributed by atoms with van der Waals surface area (Å²) < 4.78 is 10.3. The summed E-state index contributed by atoms with van der Waals surface area (Å²) >= 11 is 0. The maximum absolute atomic E-state index is 9.88. The van der Waals surface area contributed by atoms with E-state index in [2.05, 4.69) is 0 Å². The summed E-state index contributed by atoms with van der Waals surface area (Å²) in [7, 11) is 3.18. The summed E-state index contributed by atoms with van der Waals surface area (Å²) in [6, 6.07) is 5.47. The molecule has 0 saturated heterocycles. The lowest BCUT2D eigenvalue weighted by Gasteiger charge is -2.16. The minimum atomic E-state index is -0.468. The number of hydrogen-bond donors (Lipinski definition) is 1. The molecule has 3 heteroatoms. The molecule has 0 spiro atoms. The Kier molecular flexibility index (Phi) is 3.97. The van der Waals surface area contributed by atoms with Gasteiger partial charge in [0.25, 0.3) is 0 Å². The molecule has 15 heavy (non-hydrogen) atoms. The topological polar surface area (TPSA) is 38.7 Å². The monoisotopic (exact) mass is 210 g/mol. The third-order valence-corrected chi connectivity index (χ3v) is 2.38. The Morgan fingerprint density at radius 3 is 2.13 bits per heavy atom. The van der Waals surface area contributed by atoms with Gasteiger partial charge in [0.15, 0.2) is 11.5 Å². The fourth-order valence-corrected chi connectivity index (χ4v) is 1.42. The van der Waals surface area contributed by atoms with Crippen molar-refractivity contribution in [2.24, 2.45) is 5.92 Å². The number of benzene rings is 1. The highest BCUT2D eigenvalue weighted by Gasteiger charge is 2.14. The van der Waals surface area contributed by atoms with Crippen molar-refractivity contribution in [2.45, 2.75) is 20.0 Å². The van der Waals surface area contributed by atoms with Gasteiger partial charge in [0.1, 0.15) is 0 Å². The van der Waals surface area contributed by atoms with E-state index >= 15 is 0 Å². The Hall–Kier alpha value is -1.22. The van der Waals surface area contributed by atoms with Crippen molar-refractivity contribution in [3.05, 3.63) is 23.8 Å². The SMILES string of the molecule is COc1ccc([C@H](O)C(C)C)cc1OC. The first-order chi connectivity index (χ1) is 7.10. The van der Waals surface area contributed by atoms with Gasteiger partial charge in [-0.3, -0.25) is 0 Å². The third kappa shape index (κ3) is 2.63. The molecule has 3 nitrogen and oxygen atoms in total. The predicted octanol–water partition coefficient (Wildman–Crippen LogP) is 2.39. The summed E-state index contributed by atoms with van der Waals surface area (Å²) in [5.41, 5.74) is 0.850. The zero-order chi connectivity index (χ0) is 11.4. The smallest absolute Gasteiger partial charge is 0.161 e. The van der Waals surface area contributed by atoms with Crippen LogP contribution in [-0.4, -0.2) is 19.3 Å². The first-order valence-electron chi connectivity index (χ1n) is 5.00. The van der Waals surface area contributed by atoms with Gasteiger partial charge >= 0.3 is 0 Å². The number of hydrogen-bond acceptors (Lipinski definition) is 3. The molecule has 1 atom stereocenters. The Bertz CT molecular complexity index is 321. The van der Waals surface area contributed by atoms with E-state index in [1.807, 2.05) is 26.0 Å². The van der Waals surface area contributed by atoms with E-state index in [0.29, 0.717) is 11.5 Å². The predicted molar refractivity (Wildman–Crippen MR) is 59.3 cm³/mol. The fraction of sp³-hybridized carbons (Fsp3) is 0.500. The molecule has 0 aliphatic carbocycles. The van der Waals surface area contributed by atoms with Gasteiger partial charge in [-0.25, -0.2) is 0 Å². The van der Waals surface area contributed by atoms with E-state index in [1.165, 1.54) is 0 Å². The molecule has 0 saturated carbocycles. The summed E-state index contributed by atoms with van der Waals surface area (Å²) in [5.74, 6) is 1.51. The van der Waals surface area contributed by atoms with E-state index < -0.39 is 6.10 Å². The van der Waals surface area contributed by atoms with Crippen LogP contribution in [0.2, 0.25) is 0 Å². The summed E-state index contributed by atoms with van der Waals surface area (Å²) in [5, 5.41) is 9.88. The molecule has 0 heterocycles. The van der Waals surface area contributed by atoms with E-state index in [4.69, 9.17) is 9.47 Å². The molecule has 1 rings (SSSR count). The van der Waals surface area contributed by atoms with Crippen LogP contribution in [0.1, 0.15) is 25.5 Å². The van der Waals surface area contributed by atoms with Gasteiger partial charge in [-0.1, -0.05) is 19.9 Å². The summed E-state index contributed by atoms with van der Waals surface area (Å²) in [6.45, 7) is 3.95. The summed E-state index contributed by atoms with van der Waals surface area (Å²) in [4.78, 5) is 0. The number of aliphatic hydroxyl groups is 1. The molecule has 0 aromatic heterocycles. The van der Waals surface area contributed by atoms with Crippen LogP contribution in [0.5, 0.6) is 11.5 Å². The quantitative estimate of drug-likeness (QED) is 0.829. The van der Waals surface area contributed by atoms with Crippen LogP contribution >= 0.6 is 0 Å². The molecule has 0 bridgehead atoms. The second-order valence-electron chi connectivity index (χ2n) is 3.80. The first-order valence-corrected chi connectivity index (χ1v) is 5.00. The lowest BCUT2D eigenvalue weighted by molar-refractivity contribution is 0.126. The zero-order valence-electron chi connectivity index (χ0n) is 9.65. The highest BCUT2D eigenvalue weighted by atomic mass is 16.5. The standard InChI is InChI=1S/C12H18O3/c1-8(2)12(13)9-5-6-10(14-3)11(7-9)15-4/h5-8,12-13H,1-4H3/t12-/m1/s1. The van der Waals surface area contributed by atoms with Gasteiger partial charge in [0.2, 0.25) is 0 Å². The highest BCUT2D eigenvalue weighted by molar-refractivity contribution is 5.43. The van der Waals surface area contributed by atoms with Crippen molar-refractivity contribution >= 4 is 0 Å². The van der Waals surface area contributed by atoms with E-state index in [9.17, 15) is 5.11 Å². The minimum Gasteiger partial charge on any atom is -0.493 e. The van der Waals surface area contributed by atoms with Crippen molar-refractivity contribution in [1.82, 2.24) is 0 Å². The summed E-state index contributed by atoms with van der Waals surface area (Å²) in [6.07, 6.45) is -0.468. The van der Waals surface area contributed by atoms with Gasteiger partial charge in [-0.05, 0) is 23.6 Å². The molecule has 0 aliphatic heterocycles. The Morgan fingerprint density at radius 2 is 1.67 bits per heavy atom. The first kappa shape index (κ1) is 11.9. The van der Waals surface area contributed by atoms with Gasteiger partial charge in [0.05, 0.1) is 20.3 Å². The number of rotatable bonds is 4. The molecule has 1 N–H and O–H groups in total. The second-order valence-corrected chi connectivity index (χ2v) is 3.80. The maximum atomic E-state index is 9.88. The van der Waals surface area contributed by atoms with Crippen LogP contribution in [0.15, 0.2) is 18.2 Å². The highest BCUT2D eigenvalue weighted by Crippen LogP contribution is 2.31. The Balaban J connectivity index is 3.02. The number of ether oxygens (including phenoxy) is 2. The van der Waals surface area contributed by atoms with E-state index in [-0.39, 0.29) is 5.92 Å². The fourth-order valence-electron chi connectivity index (χ4n) is 1.42. The van der Waals surface area contributed by atoms with Gasteiger partial charge < -0.3 is 14.6 Å². The molecular formula is C12H18O3. The van der Waals surface area contributed by atoms with Gasteiger partial charge in [-0.15, -0.1) is 0 Å².